The van der Waals surface area contributed by atoms with Crippen molar-refractivity contribution in [3.63, 3.8) is 0 Å². The molecule has 2 N–H and O–H groups in total. The molecule has 1 aliphatic rings. The van der Waals surface area contributed by atoms with Crippen LogP contribution >= 0.6 is 0 Å². The van der Waals surface area contributed by atoms with Crippen molar-refractivity contribution in [3.05, 3.63) is 10.1 Å². The standard InChI is InChI=1S/C16H31NO7/c1-9(2)15(16(5,17(20)21)8-10(3)18)24-13-7-12(22-6)14(19)11(4)23-13/h9-15,18-19H,7-8H2,1-6H3. The number of rotatable bonds is 8. The lowest BCUT2D eigenvalue weighted by molar-refractivity contribution is -0.587. The van der Waals surface area contributed by atoms with Gasteiger partial charge in [-0.25, -0.2) is 0 Å². The quantitative estimate of drug-likeness (QED) is 0.502. The lowest BCUT2D eigenvalue weighted by atomic mass is 9.83. The van der Waals surface area contributed by atoms with Gasteiger partial charge in [-0.05, 0) is 19.8 Å². The van der Waals surface area contributed by atoms with Crippen LogP contribution in [0.1, 0.15) is 47.5 Å². The molecule has 1 aliphatic heterocycles. The van der Waals surface area contributed by atoms with Gasteiger partial charge in [0.1, 0.15) is 12.2 Å². The highest BCUT2D eigenvalue weighted by Gasteiger charge is 2.51. The van der Waals surface area contributed by atoms with E-state index < -0.39 is 42.3 Å². The average molecular weight is 349 g/mol. The van der Waals surface area contributed by atoms with Gasteiger partial charge >= 0.3 is 0 Å². The van der Waals surface area contributed by atoms with Gasteiger partial charge in [-0.15, -0.1) is 0 Å². The predicted molar refractivity (Wildman–Crippen MR) is 87.2 cm³/mol. The van der Waals surface area contributed by atoms with Crippen molar-refractivity contribution in [3.8, 4) is 0 Å². The van der Waals surface area contributed by atoms with E-state index >= 15 is 0 Å². The summed E-state index contributed by atoms with van der Waals surface area (Å²) in [6.45, 7) is 8.39. The molecule has 1 heterocycles. The number of nitrogens with zero attached hydrogens (tertiary/aromatic N) is 1. The van der Waals surface area contributed by atoms with Gasteiger partial charge in [0.2, 0.25) is 5.54 Å². The molecule has 0 radical (unpaired) electrons. The van der Waals surface area contributed by atoms with Crippen molar-refractivity contribution in [1.29, 1.82) is 0 Å². The van der Waals surface area contributed by atoms with E-state index in [-0.39, 0.29) is 23.7 Å². The first-order valence-electron chi connectivity index (χ1n) is 8.37. The summed E-state index contributed by atoms with van der Waals surface area (Å²) in [4.78, 5) is 11.3. The summed E-state index contributed by atoms with van der Waals surface area (Å²) in [7, 11) is 1.50. The van der Waals surface area contributed by atoms with Crippen LogP contribution in [-0.2, 0) is 14.2 Å². The Hall–Kier alpha value is -0.800. The van der Waals surface area contributed by atoms with Crippen LogP contribution in [0, 0.1) is 16.0 Å². The fourth-order valence-electron chi connectivity index (χ4n) is 3.41. The molecule has 7 unspecified atom stereocenters. The Kier molecular flexibility index (Phi) is 7.55. The molecule has 142 valence electrons. The van der Waals surface area contributed by atoms with Crippen molar-refractivity contribution in [1.82, 2.24) is 0 Å². The third-order valence-electron chi connectivity index (χ3n) is 4.60. The summed E-state index contributed by atoms with van der Waals surface area (Å²) in [5.41, 5.74) is -1.45. The Balaban J connectivity index is 2.98. The number of hydrogen-bond donors (Lipinski definition) is 2. The zero-order valence-corrected chi connectivity index (χ0v) is 15.3. The molecule has 8 nitrogen and oxygen atoms in total. The second-order valence-electron chi connectivity index (χ2n) is 7.24. The normalized spacial score (nSPS) is 33.0. The molecule has 0 bridgehead atoms. The molecule has 0 saturated carbocycles. The van der Waals surface area contributed by atoms with Gasteiger partial charge in [-0.3, -0.25) is 10.1 Å². The summed E-state index contributed by atoms with van der Waals surface area (Å²) in [5.74, 6) is -0.161. The van der Waals surface area contributed by atoms with Crippen molar-refractivity contribution >= 4 is 0 Å². The SMILES string of the molecule is COC1CC(OC(C(C)C)C(C)(CC(C)O)[N+](=O)[O-])OC(C)C1O. The average Bonchev–Trinajstić information content (AvgIpc) is 2.46. The minimum absolute atomic E-state index is 0.0263. The lowest BCUT2D eigenvalue weighted by Gasteiger charge is -2.41. The maximum Gasteiger partial charge on any atom is 0.247 e. The Labute approximate surface area is 143 Å². The molecule has 0 aliphatic carbocycles. The summed E-state index contributed by atoms with van der Waals surface area (Å²) < 4.78 is 16.9. The van der Waals surface area contributed by atoms with E-state index in [0.29, 0.717) is 0 Å². The van der Waals surface area contributed by atoms with Crippen molar-refractivity contribution in [2.24, 2.45) is 5.92 Å². The van der Waals surface area contributed by atoms with Crippen LogP contribution in [0.4, 0.5) is 0 Å². The van der Waals surface area contributed by atoms with Crippen LogP contribution in [0.15, 0.2) is 0 Å². The maximum atomic E-state index is 11.7. The third-order valence-corrected chi connectivity index (χ3v) is 4.60. The number of aliphatic hydroxyl groups excluding tert-OH is 2. The fourth-order valence-corrected chi connectivity index (χ4v) is 3.41. The Bertz CT molecular complexity index is 417. The highest BCUT2D eigenvalue weighted by atomic mass is 16.7. The fraction of sp³-hybridized carbons (Fsp3) is 1.00. The van der Waals surface area contributed by atoms with Crippen LogP contribution in [0.3, 0.4) is 0 Å². The number of nitro groups is 1. The van der Waals surface area contributed by atoms with E-state index in [4.69, 9.17) is 14.2 Å². The molecule has 0 aromatic carbocycles. The van der Waals surface area contributed by atoms with Gasteiger partial charge in [0.25, 0.3) is 0 Å². The molecule has 0 spiro atoms. The van der Waals surface area contributed by atoms with Crippen LogP contribution in [0.2, 0.25) is 0 Å². The topological polar surface area (TPSA) is 111 Å². The predicted octanol–water partition coefficient (Wildman–Crippen LogP) is 1.34. The number of ether oxygens (including phenoxy) is 3. The smallest absolute Gasteiger partial charge is 0.247 e. The highest BCUT2D eigenvalue weighted by molar-refractivity contribution is 4.89. The maximum absolute atomic E-state index is 11.7. The van der Waals surface area contributed by atoms with E-state index in [0.717, 1.165) is 0 Å². The van der Waals surface area contributed by atoms with Crippen molar-refractivity contribution in [2.45, 2.75) is 89.8 Å². The summed E-state index contributed by atoms with van der Waals surface area (Å²) in [6.07, 6.45) is -3.77. The number of methoxy groups -OCH3 is 1. The second kappa shape index (κ2) is 8.53. The van der Waals surface area contributed by atoms with E-state index in [1.807, 2.05) is 13.8 Å². The van der Waals surface area contributed by atoms with Gasteiger partial charge in [-0.1, -0.05) is 13.8 Å². The molecule has 0 amide bonds. The largest absolute Gasteiger partial charge is 0.393 e. The molecule has 1 rings (SSSR count). The molecule has 1 saturated heterocycles. The lowest BCUT2D eigenvalue weighted by Crippen LogP contribution is -2.56. The molecular weight excluding hydrogens is 318 g/mol. The molecule has 0 aromatic rings. The molecule has 0 aromatic heterocycles. The van der Waals surface area contributed by atoms with Crippen molar-refractivity contribution in [2.75, 3.05) is 7.11 Å². The van der Waals surface area contributed by atoms with Crippen molar-refractivity contribution < 1.29 is 29.3 Å². The van der Waals surface area contributed by atoms with E-state index in [2.05, 4.69) is 0 Å². The summed E-state index contributed by atoms with van der Waals surface area (Å²) in [5, 5.41) is 31.4. The second-order valence-corrected chi connectivity index (χ2v) is 7.24. The number of aliphatic hydroxyl groups is 2. The molecule has 7 atom stereocenters. The van der Waals surface area contributed by atoms with Crippen LogP contribution in [-0.4, -0.2) is 64.6 Å². The van der Waals surface area contributed by atoms with Gasteiger partial charge in [0.15, 0.2) is 6.29 Å². The van der Waals surface area contributed by atoms with Gasteiger partial charge < -0.3 is 24.4 Å². The van der Waals surface area contributed by atoms with Gasteiger partial charge in [-0.2, -0.15) is 0 Å². The first kappa shape index (κ1) is 21.2. The molecule has 24 heavy (non-hydrogen) atoms. The van der Waals surface area contributed by atoms with Crippen LogP contribution in [0.25, 0.3) is 0 Å². The monoisotopic (exact) mass is 349 g/mol. The van der Waals surface area contributed by atoms with Gasteiger partial charge in [0, 0.05) is 31.8 Å². The molecule has 8 heteroatoms. The first-order valence-corrected chi connectivity index (χ1v) is 8.37. The number of hydrogen-bond acceptors (Lipinski definition) is 7. The zero-order chi connectivity index (χ0) is 18.7. The zero-order valence-electron chi connectivity index (χ0n) is 15.3. The first-order chi connectivity index (χ1) is 11.0. The highest BCUT2D eigenvalue weighted by Crippen LogP contribution is 2.33. The molecule has 1 fully saturated rings. The Morgan fingerprint density at radius 2 is 2.00 bits per heavy atom. The van der Waals surface area contributed by atoms with Crippen LogP contribution < -0.4 is 0 Å². The van der Waals surface area contributed by atoms with E-state index in [9.17, 15) is 20.3 Å². The van der Waals surface area contributed by atoms with Crippen LogP contribution in [0.5, 0.6) is 0 Å². The van der Waals surface area contributed by atoms with E-state index in [1.54, 1.807) is 6.92 Å². The Morgan fingerprint density at radius 1 is 1.42 bits per heavy atom. The summed E-state index contributed by atoms with van der Waals surface area (Å²) in [6, 6.07) is 0. The summed E-state index contributed by atoms with van der Waals surface area (Å²) >= 11 is 0. The van der Waals surface area contributed by atoms with E-state index in [1.165, 1.54) is 21.0 Å². The Morgan fingerprint density at radius 3 is 2.42 bits per heavy atom. The third kappa shape index (κ3) is 4.86. The van der Waals surface area contributed by atoms with Gasteiger partial charge in [0.05, 0.1) is 18.3 Å². The minimum atomic E-state index is -1.45. The molecular formula is C16H31NO7. The minimum Gasteiger partial charge on any atom is -0.393 e.